The van der Waals surface area contributed by atoms with Crippen LogP contribution in [0.25, 0.3) is 33.6 Å². The number of hydrogen-bond donors (Lipinski definition) is 1. The third kappa shape index (κ3) is 2.83. The Kier molecular flexibility index (Phi) is 3.47. The van der Waals surface area contributed by atoms with Crippen molar-refractivity contribution in [1.29, 1.82) is 0 Å². The number of aryl methyl sites for hydroxylation is 1. The minimum atomic E-state index is -0.902. The van der Waals surface area contributed by atoms with E-state index in [1.165, 1.54) is 0 Å². The molecule has 0 saturated carbocycles. The number of aliphatic hydroxyl groups is 1. The maximum atomic E-state index is 10.2. The van der Waals surface area contributed by atoms with Crippen molar-refractivity contribution in [3.8, 4) is 22.5 Å². The lowest BCUT2D eigenvalue weighted by Crippen LogP contribution is -2.15. The summed E-state index contributed by atoms with van der Waals surface area (Å²) in [6.07, 6.45) is 5.54. The highest BCUT2D eigenvalue weighted by molar-refractivity contribution is 5.92. The first-order valence-electron chi connectivity index (χ1n) is 8.13. The molecule has 3 heterocycles. The van der Waals surface area contributed by atoms with Crippen molar-refractivity contribution in [1.82, 2.24) is 14.8 Å². The second-order valence-corrected chi connectivity index (χ2v) is 6.73. The second kappa shape index (κ2) is 5.57. The van der Waals surface area contributed by atoms with Crippen LogP contribution in [-0.4, -0.2) is 19.9 Å². The molecule has 0 aliphatic rings. The number of hydrogen-bond acceptors (Lipinski definition) is 4. The van der Waals surface area contributed by atoms with Gasteiger partial charge in [-0.1, -0.05) is 18.2 Å². The summed E-state index contributed by atoms with van der Waals surface area (Å²) in [7, 11) is 1.89. The van der Waals surface area contributed by atoms with Gasteiger partial charge in [-0.2, -0.15) is 5.10 Å². The molecule has 0 fully saturated rings. The zero-order valence-electron chi connectivity index (χ0n) is 14.4. The van der Waals surface area contributed by atoms with E-state index in [1.54, 1.807) is 24.7 Å². The van der Waals surface area contributed by atoms with Gasteiger partial charge in [-0.3, -0.25) is 9.67 Å². The number of rotatable bonds is 3. The molecule has 1 aromatic carbocycles. The van der Waals surface area contributed by atoms with Crippen molar-refractivity contribution in [2.45, 2.75) is 19.4 Å². The third-order valence-corrected chi connectivity index (χ3v) is 4.28. The number of benzene rings is 1. The fraction of sp³-hybridized carbons (Fsp3) is 0.200. The normalized spacial score (nSPS) is 12.0. The molecule has 4 rings (SSSR count). The average Bonchev–Trinajstić information content (AvgIpc) is 3.20. The summed E-state index contributed by atoms with van der Waals surface area (Å²) in [4.78, 5) is 4.42. The zero-order valence-corrected chi connectivity index (χ0v) is 14.4. The van der Waals surface area contributed by atoms with Crippen LogP contribution in [-0.2, 0) is 12.6 Å². The Labute approximate surface area is 145 Å². The van der Waals surface area contributed by atoms with Crippen LogP contribution in [0, 0.1) is 0 Å². The summed E-state index contributed by atoms with van der Waals surface area (Å²) in [6.45, 7) is 3.54. The van der Waals surface area contributed by atoms with Gasteiger partial charge >= 0.3 is 0 Å². The van der Waals surface area contributed by atoms with E-state index in [0.29, 0.717) is 0 Å². The van der Waals surface area contributed by atoms with E-state index in [-0.39, 0.29) is 0 Å². The third-order valence-electron chi connectivity index (χ3n) is 4.28. The van der Waals surface area contributed by atoms with Gasteiger partial charge in [0, 0.05) is 42.2 Å². The standard InChI is InChI=1S/C20H19N3O2/c1-20(2,24)15-6-4-5-13(9-15)18-10-17-19(25-18)16(7-8-21-17)14-11-22-23(3)12-14/h4-12,24H,1-3H3. The van der Waals surface area contributed by atoms with E-state index in [1.807, 2.05) is 55.8 Å². The van der Waals surface area contributed by atoms with Crippen LogP contribution in [0.2, 0.25) is 0 Å². The Hall–Kier alpha value is -2.92. The summed E-state index contributed by atoms with van der Waals surface area (Å²) in [5.74, 6) is 0.727. The summed E-state index contributed by atoms with van der Waals surface area (Å²) >= 11 is 0. The Morgan fingerprint density at radius 1 is 1.12 bits per heavy atom. The van der Waals surface area contributed by atoms with Gasteiger partial charge in [0.2, 0.25) is 0 Å². The molecule has 1 N–H and O–H groups in total. The molecule has 0 bridgehead atoms. The van der Waals surface area contributed by atoms with Crippen molar-refractivity contribution < 1.29 is 9.52 Å². The van der Waals surface area contributed by atoms with Crippen LogP contribution < -0.4 is 0 Å². The van der Waals surface area contributed by atoms with Crippen molar-refractivity contribution in [3.63, 3.8) is 0 Å². The minimum Gasteiger partial charge on any atom is -0.454 e. The van der Waals surface area contributed by atoms with Crippen molar-refractivity contribution >= 4 is 11.1 Å². The van der Waals surface area contributed by atoms with E-state index in [9.17, 15) is 5.11 Å². The highest BCUT2D eigenvalue weighted by atomic mass is 16.3. The van der Waals surface area contributed by atoms with Crippen molar-refractivity contribution in [2.24, 2.45) is 7.05 Å². The Morgan fingerprint density at radius 3 is 2.68 bits per heavy atom. The molecule has 4 aromatic rings. The number of aromatic nitrogens is 3. The topological polar surface area (TPSA) is 64.1 Å². The number of fused-ring (bicyclic) bond motifs is 1. The molecule has 0 saturated heterocycles. The maximum Gasteiger partial charge on any atom is 0.161 e. The first-order valence-corrected chi connectivity index (χ1v) is 8.13. The molecule has 0 amide bonds. The number of furan rings is 1. The summed E-state index contributed by atoms with van der Waals surface area (Å²) < 4.78 is 7.90. The number of nitrogens with zero attached hydrogens (tertiary/aromatic N) is 3. The fourth-order valence-electron chi connectivity index (χ4n) is 2.92. The van der Waals surface area contributed by atoms with Crippen LogP contribution in [0.4, 0.5) is 0 Å². The lowest BCUT2D eigenvalue weighted by molar-refractivity contribution is 0.0786. The van der Waals surface area contributed by atoms with Gasteiger partial charge in [-0.05, 0) is 31.5 Å². The molecule has 0 spiro atoms. The fourth-order valence-corrected chi connectivity index (χ4v) is 2.92. The summed E-state index contributed by atoms with van der Waals surface area (Å²) in [5.41, 5.74) is 4.33. The van der Waals surface area contributed by atoms with Crippen LogP contribution in [0.1, 0.15) is 19.4 Å². The molecule has 5 heteroatoms. The molecule has 0 unspecified atom stereocenters. The van der Waals surface area contributed by atoms with Crippen molar-refractivity contribution in [3.05, 3.63) is 60.6 Å². The Bertz CT molecular complexity index is 1050. The largest absolute Gasteiger partial charge is 0.454 e. The molecule has 0 radical (unpaired) electrons. The van der Waals surface area contributed by atoms with Crippen LogP contribution >= 0.6 is 0 Å². The predicted octanol–water partition coefficient (Wildman–Crippen LogP) is 4.12. The zero-order chi connectivity index (χ0) is 17.6. The smallest absolute Gasteiger partial charge is 0.161 e. The van der Waals surface area contributed by atoms with Gasteiger partial charge < -0.3 is 9.52 Å². The molecule has 25 heavy (non-hydrogen) atoms. The van der Waals surface area contributed by atoms with Crippen LogP contribution in [0.5, 0.6) is 0 Å². The SMILES string of the molecule is Cn1cc(-c2ccnc3cc(-c4cccc(C(C)(C)O)c4)oc23)cn1. The van der Waals surface area contributed by atoms with Gasteiger partial charge in [-0.15, -0.1) is 0 Å². The first kappa shape index (κ1) is 15.6. The van der Waals surface area contributed by atoms with E-state index < -0.39 is 5.60 Å². The van der Waals surface area contributed by atoms with Gasteiger partial charge in [0.05, 0.1) is 11.8 Å². The van der Waals surface area contributed by atoms with E-state index in [4.69, 9.17) is 4.42 Å². The summed E-state index contributed by atoms with van der Waals surface area (Å²) in [5, 5.41) is 14.5. The summed E-state index contributed by atoms with van der Waals surface area (Å²) in [6, 6.07) is 11.6. The molecule has 0 aliphatic carbocycles. The number of pyridine rings is 1. The van der Waals surface area contributed by atoms with Gasteiger partial charge in [0.15, 0.2) is 5.58 Å². The highest BCUT2D eigenvalue weighted by Gasteiger charge is 2.18. The molecule has 3 aromatic heterocycles. The molecular weight excluding hydrogens is 314 g/mol. The molecule has 126 valence electrons. The molecule has 0 aliphatic heterocycles. The Balaban J connectivity index is 1.85. The van der Waals surface area contributed by atoms with E-state index in [2.05, 4.69) is 10.1 Å². The molecular formula is C20H19N3O2. The quantitative estimate of drug-likeness (QED) is 0.612. The van der Waals surface area contributed by atoms with E-state index >= 15 is 0 Å². The lowest BCUT2D eigenvalue weighted by Gasteiger charge is -2.18. The molecule has 0 atom stereocenters. The van der Waals surface area contributed by atoms with Gasteiger partial charge in [-0.25, -0.2) is 0 Å². The average molecular weight is 333 g/mol. The lowest BCUT2D eigenvalue weighted by atomic mass is 9.96. The van der Waals surface area contributed by atoms with Gasteiger partial charge in [0.25, 0.3) is 0 Å². The monoisotopic (exact) mass is 333 g/mol. The highest BCUT2D eigenvalue weighted by Crippen LogP contribution is 2.34. The maximum absolute atomic E-state index is 10.2. The predicted molar refractivity (Wildman–Crippen MR) is 96.9 cm³/mol. The van der Waals surface area contributed by atoms with Crippen LogP contribution in [0.15, 0.2) is 59.4 Å². The first-order chi connectivity index (χ1) is 11.9. The Morgan fingerprint density at radius 2 is 1.96 bits per heavy atom. The molecule has 5 nitrogen and oxygen atoms in total. The minimum absolute atomic E-state index is 0.727. The van der Waals surface area contributed by atoms with Crippen LogP contribution in [0.3, 0.4) is 0 Å². The van der Waals surface area contributed by atoms with Gasteiger partial charge in [0.1, 0.15) is 11.3 Å². The van der Waals surface area contributed by atoms with Crippen molar-refractivity contribution in [2.75, 3.05) is 0 Å². The second-order valence-electron chi connectivity index (χ2n) is 6.73. The van der Waals surface area contributed by atoms with E-state index in [0.717, 1.165) is 39.1 Å².